The molecule has 7 heteroatoms. The molecule has 0 aliphatic carbocycles. The number of aliphatic imine (C=N–C) groups is 1. The lowest BCUT2D eigenvalue weighted by Gasteiger charge is -2.34. The Morgan fingerprint density at radius 3 is 2.53 bits per heavy atom. The number of rotatable bonds is 8. The Labute approximate surface area is 193 Å². The first-order chi connectivity index (χ1) is 15.4. The van der Waals surface area contributed by atoms with E-state index < -0.39 is 0 Å². The van der Waals surface area contributed by atoms with Gasteiger partial charge in [0.1, 0.15) is 0 Å². The van der Waals surface area contributed by atoms with Crippen molar-refractivity contribution in [3.63, 3.8) is 0 Å². The third-order valence-corrected chi connectivity index (χ3v) is 5.95. The van der Waals surface area contributed by atoms with Gasteiger partial charge >= 0.3 is 0 Å². The highest BCUT2D eigenvalue weighted by molar-refractivity contribution is 5.79. The van der Waals surface area contributed by atoms with Gasteiger partial charge in [-0.15, -0.1) is 0 Å². The molecule has 176 valence electrons. The summed E-state index contributed by atoms with van der Waals surface area (Å²) in [5.41, 5.74) is 5.00. The normalized spacial score (nSPS) is 16.4. The Morgan fingerprint density at radius 1 is 1.22 bits per heavy atom. The minimum Gasteiger partial charge on any atom is -0.379 e. The van der Waals surface area contributed by atoms with Crippen LogP contribution in [0.25, 0.3) is 0 Å². The second-order valence-corrected chi connectivity index (χ2v) is 8.99. The summed E-state index contributed by atoms with van der Waals surface area (Å²) in [6.07, 6.45) is 2.12. The molecule has 2 aromatic rings. The average Bonchev–Trinajstić information content (AvgIpc) is 3.15. The van der Waals surface area contributed by atoms with Crippen molar-refractivity contribution < 1.29 is 4.74 Å². The fourth-order valence-corrected chi connectivity index (χ4v) is 4.25. The number of ether oxygens (including phenoxy) is 1. The van der Waals surface area contributed by atoms with Gasteiger partial charge in [-0.05, 0) is 25.3 Å². The zero-order chi connectivity index (χ0) is 23.1. The Bertz CT molecular complexity index is 867. The van der Waals surface area contributed by atoms with Crippen LogP contribution in [0.2, 0.25) is 0 Å². The summed E-state index contributed by atoms with van der Waals surface area (Å²) in [6, 6.07) is 9.11. The van der Waals surface area contributed by atoms with Crippen molar-refractivity contribution in [3.05, 3.63) is 52.8 Å². The first kappa shape index (κ1) is 24.3. The molecule has 0 amide bonds. The third kappa shape index (κ3) is 6.33. The van der Waals surface area contributed by atoms with Crippen molar-refractivity contribution in [2.45, 2.75) is 46.2 Å². The number of aromatic nitrogens is 2. The number of nitrogens with zero attached hydrogens (tertiary/aromatic N) is 5. The topological polar surface area (TPSA) is 57.9 Å². The van der Waals surface area contributed by atoms with Crippen LogP contribution >= 0.6 is 0 Å². The fraction of sp³-hybridized carbons (Fsp3) is 0.600. The number of aryl methyl sites for hydroxylation is 2. The van der Waals surface area contributed by atoms with Crippen molar-refractivity contribution in [2.24, 2.45) is 12.0 Å². The quantitative estimate of drug-likeness (QED) is 0.504. The molecule has 0 radical (unpaired) electrons. The van der Waals surface area contributed by atoms with Crippen LogP contribution in [0, 0.1) is 6.92 Å². The van der Waals surface area contributed by atoms with E-state index >= 15 is 0 Å². The van der Waals surface area contributed by atoms with Gasteiger partial charge in [-0.3, -0.25) is 14.6 Å². The fourth-order valence-electron chi connectivity index (χ4n) is 4.25. The minimum atomic E-state index is 0.242. The molecule has 1 atom stereocenters. The molecule has 3 rings (SSSR count). The van der Waals surface area contributed by atoms with E-state index in [1.54, 1.807) is 0 Å². The summed E-state index contributed by atoms with van der Waals surface area (Å²) in [4.78, 5) is 9.79. The number of hydrogen-bond acceptors (Lipinski definition) is 4. The van der Waals surface area contributed by atoms with Crippen LogP contribution in [0.5, 0.6) is 0 Å². The molecule has 1 aromatic heterocycles. The number of guanidine groups is 1. The monoisotopic (exact) mass is 440 g/mol. The van der Waals surface area contributed by atoms with Crippen molar-refractivity contribution in [2.75, 3.05) is 46.4 Å². The maximum atomic E-state index is 5.60. The van der Waals surface area contributed by atoms with Crippen LogP contribution in [0.4, 0.5) is 0 Å². The van der Waals surface area contributed by atoms with Crippen LogP contribution in [0.1, 0.15) is 55.1 Å². The number of nitrogens with one attached hydrogen (secondary N) is 1. The Balaban J connectivity index is 1.80. The predicted octanol–water partition coefficient (Wildman–Crippen LogP) is 3.32. The van der Waals surface area contributed by atoms with Gasteiger partial charge in [-0.25, -0.2) is 0 Å². The van der Waals surface area contributed by atoms with Crippen LogP contribution in [-0.2, 0) is 18.3 Å². The van der Waals surface area contributed by atoms with E-state index in [4.69, 9.17) is 9.73 Å². The first-order valence-electron chi connectivity index (χ1n) is 11.8. The molecule has 1 aliphatic heterocycles. The van der Waals surface area contributed by atoms with Crippen molar-refractivity contribution in [1.29, 1.82) is 0 Å². The van der Waals surface area contributed by atoms with Crippen molar-refractivity contribution in [3.8, 4) is 0 Å². The highest BCUT2D eigenvalue weighted by Gasteiger charge is 2.23. The van der Waals surface area contributed by atoms with E-state index in [0.29, 0.717) is 12.5 Å². The van der Waals surface area contributed by atoms with E-state index in [1.807, 2.05) is 11.7 Å². The van der Waals surface area contributed by atoms with Crippen LogP contribution in [0.3, 0.4) is 0 Å². The van der Waals surface area contributed by atoms with E-state index in [-0.39, 0.29) is 6.04 Å². The van der Waals surface area contributed by atoms with Gasteiger partial charge in [0.2, 0.25) is 0 Å². The maximum absolute atomic E-state index is 5.60. The SMILES string of the molecule is CCNC(=NCC(c1ccc(C)cc1)N1CCOCC1)N(C)Cc1cn(C)nc1C(C)C. The summed E-state index contributed by atoms with van der Waals surface area (Å²) >= 11 is 0. The summed E-state index contributed by atoms with van der Waals surface area (Å²) < 4.78 is 7.51. The summed E-state index contributed by atoms with van der Waals surface area (Å²) in [7, 11) is 4.09. The van der Waals surface area contributed by atoms with Crippen molar-refractivity contribution in [1.82, 2.24) is 24.9 Å². The molecule has 1 N–H and O–H groups in total. The van der Waals surface area contributed by atoms with Crippen molar-refractivity contribution >= 4 is 5.96 Å². The van der Waals surface area contributed by atoms with E-state index in [0.717, 1.165) is 51.0 Å². The van der Waals surface area contributed by atoms with Gasteiger partial charge in [-0.2, -0.15) is 5.10 Å². The highest BCUT2D eigenvalue weighted by atomic mass is 16.5. The molecule has 7 nitrogen and oxygen atoms in total. The van der Waals surface area contributed by atoms with Crippen LogP contribution in [0.15, 0.2) is 35.5 Å². The van der Waals surface area contributed by atoms with E-state index in [2.05, 4.69) is 85.4 Å². The molecule has 0 bridgehead atoms. The second-order valence-electron chi connectivity index (χ2n) is 8.99. The molecule has 0 saturated carbocycles. The van der Waals surface area contributed by atoms with Gasteiger partial charge in [0.15, 0.2) is 5.96 Å². The summed E-state index contributed by atoms with van der Waals surface area (Å²) in [5.74, 6) is 1.32. The summed E-state index contributed by atoms with van der Waals surface area (Å²) in [6.45, 7) is 14.4. The van der Waals surface area contributed by atoms with Crippen LogP contribution in [-0.4, -0.2) is 72.0 Å². The third-order valence-electron chi connectivity index (χ3n) is 5.95. The average molecular weight is 441 g/mol. The van der Waals surface area contributed by atoms with Gasteiger partial charge in [0.25, 0.3) is 0 Å². The van der Waals surface area contributed by atoms with E-state index in [9.17, 15) is 0 Å². The van der Waals surface area contributed by atoms with Gasteiger partial charge in [0, 0.05) is 52.0 Å². The second kappa shape index (κ2) is 11.5. The molecule has 1 unspecified atom stereocenters. The molecule has 1 saturated heterocycles. The first-order valence-corrected chi connectivity index (χ1v) is 11.8. The molecule has 1 aromatic carbocycles. The predicted molar refractivity (Wildman–Crippen MR) is 131 cm³/mol. The molecule has 2 heterocycles. The zero-order valence-electron chi connectivity index (χ0n) is 20.6. The van der Waals surface area contributed by atoms with E-state index in [1.165, 1.54) is 16.7 Å². The van der Waals surface area contributed by atoms with Gasteiger partial charge < -0.3 is 15.0 Å². The standard InChI is InChI=1S/C25H40N6O/c1-7-26-25(29(5)17-22-18-30(6)28-24(22)19(2)3)27-16-23(31-12-14-32-15-13-31)21-10-8-20(4)9-11-21/h8-11,18-19,23H,7,12-17H2,1-6H3,(H,26,27). The molecular weight excluding hydrogens is 400 g/mol. The summed E-state index contributed by atoms with van der Waals surface area (Å²) in [5, 5.41) is 8.14. The lowest BCUT2D eigenvalue weighted by molar-refractivity contribution is 0.0179. The lowest BCUT2D eigenvalue weighted by atomic mass is 10.0. The number of benzene rings is 1. The lowest BCUT2D eigenvalue weighted by Crippen LogP contribution is -2.42. The Morgan fingerprint density at radius 2 is 1.91 bits per heavy atom. The number of hydrogen-bond donors (Lipinski definition) is 1. The maximum Gasteiger partial charge on any atom is 0.194 e. The van der Waals surface area contributed by atoms with Gasteiger partial charge in [-0.1, -0.05) is 43.7 Å². The molecular formula is C25H40N6O. The Kier molecular flexibility index (Phi) is 8.70. The molecule has 0 spiro atoms. The van der Waals surface area contributed by atoms with Gasteiger partial charge in [0.05, 0.1) is 31.5 Å². The molecule has 1 fully saturated rings. The highest BCUT2D eigenvalue weighted by Crippen LogP contribution is 2.23. The smallest absolute Gasteiger partial charge is 0.194 e. The molecule has 32 heavy (non-hydrogen) atoms. The number of morpholine rings is 1. The zero-order valence-corrected chi connectivity index (χ0v) is 20.6. The Hall–Kier alpha value is -2.38. The largest absolute Gasteiger partial charge is 0.379 e. The molecule has 1 aliphatic rings. The van der Waals surface area contributed by atoms with Crippen LogP contribution < -0.4 is 5.32 Å². The minimum absolute atomic E-state index is 0.242.